The quantitative estimate of drug-likeness (QED) is 0.861. The summed E-state index contributed by atoms with van der Waals surface area (Å²) in [6.07, 6.45) is 6.39. The molecule has 0 bridgehead atoms. The van der Waals surface area contributed by atoms with Crippen LogP contribution in [0.25, 0.3) is 0 Å². The topological polar surface area (TPSA) is 49.4 Å². The first-order valence-corrected chi connectivity index (χ1v) is 7.47. The number of carbonyl (C=O) groups is 2. The smallest absolute Gasteiger partial charge is 0.296 e. The van der Waals surface area contributed by atoms with Crippen LogP contribution < -0.4 is 10.2 Å². The molecule has 1 amide bonds. The summed E-state index contributed by atoms with van der Waals surface area (Å²) >= 11 is 0. The zero-order valence-corrected chi connectivity index (χ0v) is 11.8. The van der Waals surface area contributed by atoms with E-state index in [4.69, 9.17) is 0 Å². The molecule has 1 N–H and O–H groups in total. The molecular formula is C16H20N2O2. The van der Waals surface area contributed by atoms with E-state index in [0.29, 0.717) is 17.3 Å². The maximum Gasteiger partial charge on any atom is 0.296 e. The van der Waals surface area contributed by atoms with Crippen molar-refractivity contribution in [3.63, 3.8) is 0 Å². The number of rotatable bonds is 3. The number of amides is 1. The predicted molar refractivity (Wildman–Crippen MR) is 79.3 cm³/mol. The van der Waals surface area contributed by atoms with Crippen LogP contribution in [0.2, 0.25) is 0 Å². The van der Waals surface area contributed by atoms with Gasteiger partial charge in [-0.3, -0.25) is 9.59 Å². The molecule has 1 saturated carbocycles. The molecule has 4 nitrogen and oxygen atoms in total. The summed E-state index contributed by atoms with van der Waals surface area (Å²) in [5, 5.41) is 2.65. The Morgan fingerprint density at radius 1 is 1.20 bits per heavy atom. The number of hydrogen-bond donors (Lipinski definition) is 1. The first-order chi connectivity index (χ1) is 9.70. The molecule has 1 aliphatic carbocycles. The normalized spacial score (nSPS) is 18.9. The SMILES string of the molecule is CCN(c1ccc2c(c1)NC(=O)C2=O)C1CCCCC1. The van der Waals surface area contributed by atoms with E-state index in [1.807, 2.05) is 12.1 Å². The van der Waals surface area contributed by atoms with Crippen LogP contribution in [-0.4, -0.2) is 24.3 Å². The van der Waals surface area contributed by atoms with Gasteiger partial charge in [0.1, 0.15) is 0 Å². The van der Waals surface area contributed by atoms with Crippen molar-refractivity contribution in [2.24, 2.45) is 0 Å². The minimum Gasteiger partial charge on any atom is -0.369 e. The number of Topliss-reactive ketones (excluding diaryl/α,β-unsaturated/α-hetero) is 1. The number of carbonyl (C=O) groups excluding carboxylic acids is 2. The number of ketones is 1. The number of benzene rings is 1. The van der Waals surface area contributed by atoms with Crippen molar-refractivity contribution < 1.29 is 9.59 Å². The van der Waals surface area contributed by atoms with Gasteiger partial charge in [0.05, 0.1) is 11.3 Å². The lowest BCUT2D eigenvalue weighted by molar-refractivity contribution is -0.112. The van der Waals surface area contributed by atoms with Crippen LogP contribution in [0.15, 0.2) is 18.2 Å². The standard InChI is InChI=1S/C16H20N2O2/c1-2-18(11-6-4-3-5-7-11)12-8-9-13-14(10-12)17-16(20)15(13)19/h8-11H,2-7H2,1H3,(H,17,19,20). The molecule has 1 aliphatic heterocycles. The highest BCUT2D eigenvalue weighted by Gasteiger charge is 2.29. The van der Waals surface area contributed by atoms with Crippen molar-refractivity contribution in [1.82, 2.24) is 0 Å². The summed E-state index contributed by atoms with van der Waals surface area (Å²) in [6, 6.07) is 6.27. The number of fused-ring (bicyclic) bond motifs is 1. The van der Waals surface area contributed by atoms with Crippen LogP contribution in [0.5, 0.6) is 0 Å². The first-order valence-electron chi connectivity index (χ1n) is 7.47. The van der Waals surface area contributed by atoms with E-state index in [-0.39, 0.29) is 0 Å². The lowest BCUT2D eigenvalue weighted by Gasteiger charge is -2.35. The van der Waals surface area contributed by atoms with Gasteiger partial charge in [0, 0.05) is 18.3 Å². The van der Waals surface area contributed by atoms with Crippen LogP contribution >= 0.6 is 0 Å². The molecule has 1 aromatic carbocycles. The second-order valence-corrected chi connectivity index (χ2v) is 5.59. The third-order valence-corrected chi connectivity index (χ3v) is 4.39. The average molecular weight is 272 g/mol. The van der Waals surface area contributed by atoms with Crippen LogP contribution in [0.3, 0.4) is 0 Å². The Morgan fingerprint density at radius 3 is 2.65 bits per heavy atom. The van der Waals surface area contributed by atoms with E-state index >= 15 is 0 Å². The lowest BCUT2D eigenvalue weighted by atomic mass is 9.93. The summed E-state index contributed by atoms with van der Waals surface area (Å²) in [5.41, 5.74) is 2.26. The molecular weight excluding hydrogens is 252 g/mol. The fraction of sp³-hybridized carbons (Fsp3) is 0.500. The Balaban J connectivity index is 1.88. The Hall–Kier alpha value is -1.84. The monoisotopic (exact) mass is 272 g/mol. The van der Waals surface area contributed by atoms with Gasteiger partial charge >= 0.3 is 0 Å². The van der Waals surface area contributed by atoms with Gasteiger partial charge in [0.2, 0.25) is 0 Å². The van der Waals surface area contributed by atoms with E-state index in [9.17, 15) is 9.59 Å². The summed E-state index contributed by atoms with van der Waals surface area (Å²) in [6.45, 7) is 3.11. The number of hydrogen-bond acceptors (Lipinski definition) is 3. The van der Waals surface area contributed by atoms with Crippen molar-refractivity contribution in [2.75, 3.05) is 16.8 Å². The summed E-state index contributed by atoms with van der Waals surface area (Å²) < 4.78 is 0. The van der Waals surface area contributed by atoms with E-state index in [2.05, 4.69) is 17.1 Å². The zero-order valence-electron chi connectivity index (χ0n) is 11.8. The molecule has 0 aromatic heterocycles. The molecule has 0 spiro atoms. The van der Waals surface area contributed by atoms with Crippen molar-refractivity contribution in [3.8, 4) is 0 Å². The summed E-state index contributed by atoms with van der Waals surface area (Å²) in [7, 11) is 0. The molecule has 106 valence electrons. The fourth-order valence-corrected chi connectivity index (χ4v) is 3.36. The molecule has 0 saturated heterocycles. The molecule has 2 aliphatic rings. The molecule has 1 aromatic rings. The van der Waals surface area contributed by atoms with Gasteiger partial charge in [-0.05, 0) is 38.0 Å². The maximum atomic E-state index is 11.6. The van der Waals surface area contributed by atoms with Crippen LogP contribution in [0.1, 0.15) is 49.4 Å². The first kappa shape index (κ1) is 13.2. The summed E-state index contributed by atoms with van der Waals surface area (Å²) in [4.78, 5) is 25.4. The van der Waals surface area contributed by atoms with Crippen molar-refractivity contribution >= 4 is 23.1 Å². The van der Waals surface area contributed by atoms with Gasteiger partial charge < -0.3 is 10.2 Å². The van der Waals surface area contributed by atoms with Crippen molar-refractivity contribution in [3.05, 3.63) is 23.8 Å². The fourth-order valence-electron chi connectivity index (χ4n) is 3.36. The third-order valence-electron chi connectivity index (χ3n) is 4.39. The van der Waals surface area contributed by atoms with Gasteiger partial charge in [-0.25, -0.2) is 0 Å². The third kappa shape index (κ3) is 2.19. The van der Waals surface area contributed by atoms with Crippen molar-refractivity contribution in [1.29, 1.82) is 0 Å². The average Bonchev–Trinajstić information content (AvgIpc) is 2.76. The molecule has 1 heterocycles. The Bertz CT molecular complexity index is 547. The largest absolute Gasteiger partial charge is 0.369 e. The van der Waals surface area contributed by atoms with Gasteiger partial charge in [-0.1, -0.05) is 19.3 Å². The molecule has 0 atom stereocenters. The Morgan fingerprint density at radius 2 is 1.95 bits per heavy atom. The second kappa shape index (κ2) is 5.27. The van der Waals surface area contributed by atoms with Crippen LogP contribution in [0, 0.1) is 0 Å². The molecule has 1 fully saturated rings. The van der Waals surface area contributed by atoms with Gasteiger partial charge in [0.15, 0.2) is 0 Å². The Kier molecular flexibility index (Phi) is 3.47. The van der Waals surface area contributed by atoms with E-state index < -0.39 is 11.7 Å². The van der Waals surface area contributed by atoms with Crippen molar-refractivity contribution in [2.45, 2.75) is 45.1 Å². The van der Waals surface area contributed by atoms with E-state index in [1.54, 1.807) is 6.07 Å². The molecule has 0 unspecified atom stereocenters. The number of nitrogens with zero attached hydrogens (tertiary/aromatic N) is 1. The highest BCUT2D eigenvalue weighted by molar-refractivity contribution is 6.51. The summed E-state index contributed by atoms with van der Waals surface area (Å²) in [5.74, 6) is -0.940. The predicted octanol–water partition coefficient (Wildman–Crippen LogP) is 2.98. The minimum absolute atomic E-state index is 0.424. The van der Waals surface area contributed by atoms with E-state index in [0.717, 1.165) is 12.2 Å². The van der Waals surface area contributed by atoms with Gasteiger partial charge in [0.25, 0.3) is 11.7 Å². The highest BCUT2D eigenvalue weighted by Crippen LogP contribution is 2.32. The number of anilines is 2. The molecule has 20 heavy (non-hydrogen) atoms. The molecule has 4 heteroatoms. The minimum atomic E-state index is -0.516. The number of nitrogens with one attached hydrogen (secondary N) is 1. The van der Waals surface area contributed by atoms with Crippen LogP contribution in [0.4, 0.5) is 11.4 Å². The maximum absolute atomic E-state index is 11.6. The Labute approximate surface area is 119 Å². The second-order valence-electron chi connectivity index (χ2n) is 5.59. The molecule has 0 radical (unpaired) electrons. The van der Waals surface area contributed by atoms with Gasteiger partial charge in [-0.15, -0.1) is 0 Å². The van der Waals surface area contributed by atoms with Crippen LogP contribution in [-0.2, 0) is 4.79 Å². The van der Waals surface area contributed by atoms with E-state index in [1.165, 1.54) is 32.1 Å². The van der Waals surface area contributed by atoms with Gasteiger partial charge in [-0.2, -0.15) is 0 Å². The highest BCUT2D eigenvalue weighted by atomic mass is 16.2. The molecule has 3 rings (SSSR count). The lowest BCUT2D eigenvalue weighted by Crippen LogP contribution is -2.36. The zero-order chi connectivity index (χ0) is 14.1.